The zero-order valence-corrected chi connectivity index (χ0v) is 12.6. The first-order chi connectivity index (χ1) is 8.99. The molecule has 1 rings (SSSR count). The predicted octanol–water partition coefficient (Wildman–Crippen LogP) is 2.78. The number of carbonyl (C=O) groups is 1. The van der Waals surface area contributed by atoms with Gasteiger partial charge in [0, 0.05) is 30.1 Å². The molecule has 0 fully saturated rings. The van der Waals surface area contributed by atoms with Gasteiger partial charge in [-0.25, -0.2) is 0 Å². The van der Waals surface area contributed by atoms with Crippen molar-refractivity contribution in [1.29, 1.82) is 0 Å². The molecule has 0 aliphatic rings. The molecule has 0 aromatic heterocycles. The maximum atomic E-state index is 11.7. The van der Waals surface area contributed by atoms with Crippen LogP contribution >= 0.6 is 11.6 Å². The Bertz CT molecular complexity index is 407. The molecule has 1 atom stereocenters. The Morgan fingerprint density at radius 2 is 1.95 bits per heavy atom. The Kier molecular flexibility index (Phi) is 6.89. The molecule has 19 heavy (non-hydrogen) atoms. The number of amides is 1. The smallest absolute Gasteiger partial charge is 0.221 e. The van der Waals surface area contributed by atoms with Crippen molar-refractivity contribution in [3.63, 3.8) is 0 Å². The lowest BCUT2D eigenvalue weighted by Crippen LogP contribution is -2.36. The Morgan fingerprint density at radius 3 is 2.58 bits per heavy atom. The molecular formula is C15H23ClN2O. The minimum absolute atomic E-state index is 0.0766. The summed E-state index contributed by atoms with van der Waals surface area (Å²) in [6, 6.07) is 8.23. The van der Waals surface area contributed by atoms with Gasteiger partial charge in [-0.2, -0.15) is 0 Å². The zero-order valence-electron chi connectivity index (χ0n) is 11.9. The third kappa shape index (κ3) is 6.60. The fourth-order valence-electron chi connectivity index (χ4n) is 1.87. The number of nitrogens with one attached hydrogen (secondary N) is 2. The lowest BCUT2D eigenvalue weighted by Gasteiger charge is -2.15. The molecule has 0 aliphatic heterocycles. The van der Waals surface area contributed by atoms with Crippen molar-refractivity contribution in [2.75, 3.05) is 6.54 Å². The molecule has 0 heterocycles. The molecule has 1 amide bonds. The summed E-state index contributed by atoms with van der Waals surface area (Å²) in [4.78, 5) is 11.7. The summed E-state index contributed by atoms with van der Waals surface area (Å²) < 4.78 is 0. The van der Waals surface area contributed by atoms with Gasteiger partial charge in [0.2, 0.25) is 5.91 Å². The van der Waals surface area contributed by atoms with Crippen LogP contribution in [-0.2, 0) is 11.2 Å². The van der Waals surface area contributed by atoms with Crippen LogP contribution < -0.4 is 10.6 Å². The van der Waals surface area contributed by atoms with E-state index in [4.69, 9.17) is 11.6 Å². The normalized spacial score (nSPS) is 12.5. The number of carbonyl (C=O) groups excluding carboxylic acids is 1. The van der Waals surface area contributed by atoms with Crippen molar-refractivity contribution in [2.24, 2.45) is 0 Å². The van der Waals surface area contributed by atoms with Gasteiger partial charge in [0.1, 0.15) is 0 Å². The number of hydrogen-bond donors (Lipinski definition) is 2. The van der Waals surface area contributed by atoms with Gasteiger partial charge < -0.3 is 10.6 Å². The Hall–Kier alpha value is -1.06. The number of hydrogen-bond acceptors (Lipinski definition) is 2. The highest BCUT2D eigenvalue weighted by molar-refractivity contribution is 6.31. The van der Waals surface area contributed by atoms with Gasteiger partial charge in [0.05, 0.1) is 0 Å². The Labute approximate surface area is 120 Å². The average Bonchev–Trinajstić information content (AvgIpc) is 2.31. The van der Waals surface area contributed by atoms with E-state index in [1.54, 1.807) is 0 Å². The molecule has 3 nitrogen and oxygen atoms in total. The largest absolute Gasteiger partial charge is 0.353 e. The van der Waals surface area contributed by atoms with Gasteiger partial charge in [-0.1, -0.05) is 43.6 Å². The minimum Gasteiger partial charge on any atom is -0.353 e. The van der Waals surface area contributed by atoms with Crippen LogP contribution in [0.1, 0.15) is 32.8 Å². The standard InChI is InChI=1S/C15H23ClN2O/c1-11(2)17-9-8-15(19)18-12(3)10-13-6-4-5-7-14(13)16/h4-7,11-12,17H,8-10H2,1-3H3,(H,18,19). The first-order valence-electron chi connectivity index (χ1n) is 6.75. The van der Waals surface area contributed by atoms with Crippen molar-refractivity contribution >= 4 is 17.5 Å². The highest BCUT2D eigenvalue weighted by Gasteiger charge is 2.09. The maximum absolute atomic E-state index is 11.7. The van der Waals surface area contributed by atoms with E-state index in [9.17, 15) is 4.79 Å². The van der Waals surface area contributed by atoms with Crippen LogP contribution in [0, 0.1) is 0 Å². The Morgan fingerprint density at radius 1 is 1.26 bits per heavy atom. The van der Waals surface area contributed by atoms with Gasteiger partial charge in [-0.3, -0.25) is 4.79 Å². The molecule has 1 unspecified atom stereocenters. The second-order valence-electron chi connectivity index (χ2n) is 5.12. The van der Waals surface area contributed by atoms with Crippen molar-refractivity contribution in [1.82, 2.24) is 10.6 Å². The van der Waals surface area contributed by atoms with Crippen LogP contribution in [0.4, 0.5) is 0 Å². The van der Waals surface area contributed by atoms with E-state index in [1.807, 2.05) is 31.2 Å². The summed E-state index contributed by atoms with van der Waals surface area (Å²) in [5.74, 6) is 0.0766. The molecule has 1 aromatic rings. The van der Waals surface area contributed by atoms with Gasteiger partial charge >= 0.3 is 0 Å². The number of rotatable bonds is 7. The molecule has 0 bridgehead atoms. The van der Waals surface area contributed by atoms with Gasteiger partial charge in [-0.15, -0.1) is 0 Å². The van der Waals surface area contributed by atoms with Crippen LogP contribution in [0.5, 0.6) is 0 Å². The summed E-state index contributed by atoms with van der Waals surface area (Å²) >= 11 is 6.10. The Balaban J connectivity index is 2.33. The second kappa shape index (κ2) is 8.18. The van der Waals surface area contributed by atoms with Crippen molar-refractivity contribution in [3.8, 4) is 0 Å². The van der Waals surface area contributed by atoms with Gasteiger partial charge in [-0.05, 0) is 25.0 Å². The van der Waals surface area contributed by atoms with E-state index in [0.717, 1.165) is 17.0 Å². The molecule has 0 spiro atoms. The fraction of sp³-hybridized carbons (Fsp3) is 0.533. The molecule has 4 heteroatoms. The molecular weight excluding hydrogens is 260 g/mol. The molecule has 106 valence electrons. The van der Waals surface area contributed by atoms with Crippen LogP contribution in [0.3, 0.4) is 0 Å². The quantitative estimate of drug-likeness (QED) is 0.807. The van der Waals surface area contributed by atoms with E-state index in [1.165, 1.54) is 0 Å². The van der Waals surface area contributed by atoms with E-state index in [0.29, 0.717) is 19.0 Å². The highest BCUT2D eigenvalue weighted by Crippen LogP contribution is 2.16. The molecule has 0 radical (unpaired) electrons. The van der Waals surface area contributed by atoms with Crippen LogP contribution in [0.15, 0.2) is 24.3 Å². The van der Waals surface area contributed by atoms with Gasteiger partial charge in [0.15, 0.2) is 0 Å². The first-order valence-corrected chi connectivity index (χ1v) is 7.13. The topological polar surface area (TPSA) is 41.1 Å². The summed E-state index contributed by atoms with van der Waals surface area (Å²) in [6.07, 6.45) is 1.26. The van der Waals surface area contributed by atoms with E-state index >= 15 is 0 Å². The SMILES string of the molecule is CC(C)NCCC(=O)NC(C)Cc1ccccc1Cl. The maximum Gasteiger partial charge on any atom is 0.221 e. The van der Waals surface area contributed by atoms with Crippen LogP contribution in [0.25, 0.3) is 0 Å². The summed E-state index contributed by atoms with van der Waals surface area (Å²) in [5, 5.41) is 6.97. The second-order valence-corrected chi connectivity index (χ2v) is 5.53. The van der Waals surface area contributed by atoms with Crippen molar-refractivity contribution < 1.29 is 4.79 Å². The van der Waals surface area contributed by atoms with E-state index in [2.05, 4.69) is 24.5 Å². The van der Waals surface area contributed by atoms with Crippen LogP contribution in [-0.4, -0.2) is 24.5 Å². The number of benzene rings is 1. The first kappa shape index (κ1) is 16.0. The molecule has 0 saturated heterocycles. The minimum atomic E-state index is 0.0766. The summed E-state index contributed by atoms with van der Waals surface area (Å²) in [7, 11) is 0. The monoisotopic (exact) mass is 282 g/mol. The average molecular weight is 283 g/mol. The van der Waals surface area contributed by atoms with E-state index in [-0.39, 0.29) is 11.9 Å². The molecule has 0 saturated carbocycles. The predicted molar refractivity (Wildman–Crippen MR) is 80.5 cm³/mol. The summed E-state index contributed by atoms with van der Waals surface area (Å²) in [6.45, 7) is 6.84. The van der Waals surface area contributed by atoms with Gasteiger partial charge in [0.25, 0.3) is 0 Å². The number of halogens is 1. The third-order valence-electron chi connectivity index (χ3n) is 2.80. The third-order valence-corrected chi connectivity index (χ3v) is 3.16. The molecule has 2 N–H and O–H groups in total. The van der Waals surface area contributed by atoms with Crippen molar-refractivity contribution in [3.05, 3.63) is 34.9 Å². The van der Waals surface area contributed by atoms with Crippen LogP contribution in [0.2, 0.25) is 5.02 Å². The molecule has 1 aromatic carbocycles. The fourth-order valence-corrected chi connectivity index (χ4v) is 2.08. The lowest BCUT2D eigenvalue weighted by molar-refractivity contribution is -0.121. The molecule has 0 aliphatic carbocycles. The summed E-state index contributed by atoms with van der Waals surface area (Å²) in [5.41, 5.74) is 1.07. The zero-order chi connectivity index (χ0) is 14.3. The van der Waals surface area contributed by atoms with Crippen molar-refractivity contribution in [2.45, 2.75) is 45.7 Å². The van der Waals surface area contributed by atoms with E-state index < -0.39 is 0 Å². The lowest BCUT2D eigenvalue weighted by atomic mass is 10.1. The highest BCUT2D eigenvalue weighted by atomic mass is 35.5.